The number of benzene rings is 1. The van der Waals surface area contributed by atoms with Gasteiger partial charge in [-0.25, -0.2) is 4.39 Å². The molecule has 1 aliphatic heterocycles. The average Bonchev–Trinajstić information content (AvgIpc) is 2.56. The van der Waals surface area contributed by atoms with Gasteiger partial charge in [-0.05, 0) is 38.0 Å². The van der Waals surface area contributed by atoms with E-state index in [4.69, 9.17) is 17.3 Å². The largest absolute Gasteiger partial charge is 0.342 e. The zero-order valence-electron chi connectivity index (χ0n) is 13.9. The van der Waals surface area contributed by atoms with Crippen molar-refractivity contribution in [2.75, 3.05) is 18.4 Å². The number of nitrogens with two attached hydrogens (primary N) is 1. The molecule has 24 heavy (non-hydrogen) atoms. The Hall–Kier alpha value is -1.66. The number of piperidine rings is 1. The molecule has 5 nitrogen and oxygen atoms in total. The van der Waals surface area contributed by atoms with E-state index in [2.05, 4.69) is 5.32 Å². The second-order valence-corrected chi connectivity index (χ2v) is 6.77. The molecule has 1 fully saturated rings. The van der Waals surface area contributed by atoms with Crippen LogP contribution >= 0.6 is 11.6 Å². The maximum Gasteiger partial charge on any atom is 0.227 e. The number of nitrogens with one attached hydrogen (secondary N) is 1. The van der Waals surface area contributed by atoms with Crippen LogP contribution in [0.3, 0.4) is 0 Å². The summed E-state index contributed by atoms with van der Waals surface area (Å²) in [5.41, 5.74) is 6.25. The third-order valence-electron chi connectivity index (χ3n) is 4.54. The van der Waals surface area contributed by atoms with Gasteiger partial charge in [-0.3, -0.25) is 9.59 Å². The molecule has 1 saturated heterocycles. The van der Waals surface area contributed by atoms with Gasteiger partial charge in [0.25, 0.3) is 0 Å². The first-order valence-corrected chi connectivity index (χ1v) is 8.47. The van der Waals surface area contributed by atoms with Crippen molar-refractivity contribution in [3.8, 4) is 0 Å². The van der Waals surface area contributed by atoms with Gasteiger partial charge in [0.05, 0.1) is 10.9 Å². The number of amides is 2. The molecule has 2 unspecified atom stereocenters. The lowest BCUT2D eigenvalue weighted by Crippen LogP contribution is -2.46. The molecule has 7 heteroatoms. The molecule has 0 aromatic heterocycles. The summed E-state index contributed by atoms with van der Waals surface area (Å²) in [6, 6.07) is 3.88. The van der Waals surface area contributed by atoms with Crippen molar-refractivity contribution >= 4 is 29.1 Å². The Kier molecular flexibility index (Phi) is 6.18. The van der Waals surface area contributed by atoms with E-state index >= 15 is 0 Å². The van der Waals surface area contributed by atoms with Gasteiger partial charge in [-0.15, -0.1) is 0 Å². The smallest absolute Gasteiger partial charge is 0.227 e. The highest BCUT2D eigenvalue weighted by molar-refractivity contribution is 6.31. The van der Waals surface area contributed by atoms with Gasteiger partial charge < -0.3 is 16.0 Å². The van der Waals surface area contributed by atoms with Crippen LogP contribution < -0.4 is 11.1 Å². The summed E-state index contributed by atoms with van der Waals surface area (Å²) in [6.07, 6.45) is 1.19. The van der Waals surface area contributed by atoms with Crippen molar-refractivity contribution in [3.63, 3.8) is 0 Å². The fraction of sp³-hybridized carbons (Fsp3) is 0.529. The fourth-order valence-corrected chi connectivity index (χ4v) is 2.87. The van der Waals surface area contributed by atoms with Crippen LogP contribution in [0.25, 0.3) is 0 Å². The van der Waals surface area contributed by atoms with Crippen LogP contribution in [0.5, 0.6) is 0 Å². The van der Waals surface area contributed by atoms with E-state index in [9.17, 15) is 14.0 Å². The van der Waals surface area contributed by atoms with Gasteiger partial charge in [-0.2, -0.15) is 0 Å². The number of halogens is 2. The lowest BCUT2D eigenvalue weighted by molar-refractivity contribution is -0.138. The van der Waals surface area contributed by atoms with E-state index in [1.807, 2.05) is 13.8 Å². The van der Waals surface area contributed by atoms with Crippen molar-refractivity contribution in [2.45, 2.75) is 32.7 Å². The predicted molar refractivity (Wildman–Crippen MR) is 92.2 cm³/mol. The molecule has 2 atom stereocenters. The first kappa shape index (κ1) is 18.7. The van der Waals surface area contributed by atoms with Crippen molar-refractivity contribution in [2.24, 2.45) is 17.6 Å². The molecule has 132 valence electrons. The topological polar surface area (TPSA) is 75.4 Å². The second kappa shape index (κ2) is 7.94. The van der Waals surface area contributed by atoms with Crippen molar-refractivity contribution in [1.82, 2.24) is 4.90 Å². The van der Waals surface area contributed by atoms with Gasteiger partial charge in [0.2, 0.25) is 11.8 Å². The van der Waals surface area contributed by atoms with Crippen LogP contribution in [-0.4, -0.2) is 35.8 Å². The summed E-state index contributed by atoms with van der Waals surface area (Å²) < 4.78 is 13.1. The van der Waals surface area contributed by atoms with Crippen molar-refractivity contribution < 1.29 is 14.0 Å². The Morgan fingerprint density at radius 1 is 1.33 bits per heavy atom. The van der Waals surface area contributed by atoms with E-state index < -0.39 is 5.82 Å². The maximum atomic E-state index is 13.1. The molecule has 0 saturated carbocycles. The zero-order valence-corrected chi connectivity index (χ0v) is 14.6. The number of nitrogens with zero attached hydrogens (tertiary/aromatic N) is 1. The monoisotopic (exact) mass is 355 g/mol. The van der Waals surface area contributed by atoms with E-state index in [1.54, 1.807) is 4.90 Å². The van der Waals surface area contributed by atoms with Gasteiger partial charge in [0.1, 0.15) is 5.82 Å². The minimum absolute atomic E-state index is 0.0295. The van der Waals surface area contributed by atoms with E-state index in [0.717, 1.165) is 0 Å². The van der Waals surface area contributed by atoms with Crippen LogP contribution in [0.2, 0.25) is 5.02 Å². The minimum Gasteiger partial charge on any atom is -0.342 e. The highest BCUT2D eigenvalue weighted by atomic mass is 35.5. The standard InChI is InChI=1S/C17H23ClFN3O2/c1-10(11(2)20)17(24)22-7-5-12(6-8-22)16(23)21-13-3-4-15(19)14(18)9-13/h3-4,9-12H,5-8,20H2,1-2H3,(H,21,23). The summed E-state index contributed by atoms with van der Waals surface area (Å²) in [5.74, 6) is -1.02. The number of hydrogen-bond donors (Lipinski definition) is 2. The number of anilines is 1. The Morgan fingerprint density at radius 2 is 1.96 bits per heavy atom. The zero-order chi connectivity index (χ0) is 17.9. The second-order valence-electron chi connectivity index (χ2n) is 6.37. The highest BCUT2D eigenvalue weighted by Gasteiger charge is 2.30. The molecule has 0 aliphatic carbocycles. The van der Waals surface area contributed by atoms with Crippen LogP contribution in [0, 0.1) is 17.7 Å². The lowest BCUT2D eigenvalue weighted by Gasteiger charge is -2.33. The molecule has 0 spiro atoms. The summed E-state index contributed by atoms with van der Waals surface area (Å²) in [7, 11) is 0. The van der Waals surface area contributed by atoms with Gasteiger partial charge in [0, 0.05) is 30.7 Å². The maximum absolute atomic E-state index is 13.1. The van der Waals surface area contributed by atoms with E-state index in [1.165, 1.54) is 18.2 Å². The van der Waals surface area contributed by atoms with Crippen molar-refractivity contribution in [3.05, 3.63) is 29.0 Å². The van der Waals surface area contributed by atoms with Crippen LogP contribution in [0.1, 0.15) is 26.7 Å². The molecular formula is C17H23ClFN3O2. The molecule has 3 N–H and O–H groups in total. The Balaban J connectivity index is 1.88. The number of likely N-dealkylation sites (tertiary alicyclic amines) is 1. The molecule has 2 rings (SSSR count). The Bertz CT molecular complexity index is 616. The average molecular weight is 356 g/mol. The van der Waals surface area contributed by atoms with Gasteiger partial charge in [0.15, 0.2) is 0 Å². The van der Waals surface area contributed by atoms with Crippen LogP contribution in [-0.2, 0) is 9.59 Å². The summed E-state index contributed by atoms with van der Waals surface area (Å²) >= 11 is 5.71. The number of rotatable bonds is 4. The van der Waals surface area contributed by atoms with Crippen LogP contribution in [0.15, 0.2) is 18.2 Å². The first-order valence-electron chi connectivity index (χ1n) is 8.10. The molecule has 1 aliphatic rings. The van der Waals surface area contributed by atoms with Crippen molar-refractivity contribution in [1.29, 1.82) is 0 Å². The predicted octanol–water partition coefficient (Wildman–Crippen LogP) is 2.64. The third kappa shape index (κ3) is 4.45. The number of carbonyl (C=O) groups is 2. The van der Waals surface area contributed by atoms with E-state index in [-0.39, 0.29) is 34.7 Å². The number of carbonyl (C=O) groups excluding carboxylic acids is 2. The summed E-state index contributed by atoms with van der Waals surface area (Å²) in [6.45, 7) is 4.72. The normalized spacial score (nSPS) is 18.1. The third-order valence-corrected chi connectivity index (χ3v) is 4.83. The molecule has 1 aromatic carbocycles. The van der Waals surface area contributed by atoms with E-state index in [0.29, 0.717) is 31.6 Å². The summed E-state index contributed by atoms with van der Waals surface area (Å²) in [4.78, 5) is 26.4. The quantitative estimate of drug-likeness (QED) is 0.871. The molecule has 0 bridgehead atoms. The number of hydrogen-bond acceptors (Lipinski definition) is 3. The highest BCUT2D eigenvalue weighted by Crippen LogP contribution is 2.23. The fourth-order valence-electron chi connectivity index (χ4n) is 2.69. The Morgan fingerprint density at radius 3 is 2.50 bits per heavy atom. The molecule has 1 aromatic rings. The molecule has 2 amide bonds. The summed E-state index contributed by atoms with van der Waals surface area (Å²) in [5, 5.41) is 2.72. The van der Waals surface area contributed by atoms with Gasteiger partial charge in [-0.1, -0.05) is 18.5 Å². The first-order chi connectivity index (χ1) is 11.3. The molecular weight excluding hydrogens is 333 g/mol. The van der Waals surface area contributed by atoms with Gasteiger partial charge >= 0.3 is 0 Å². The minimum atomic E-state index is -0.523. The van der Waals surface area contributed by atoms with Crippen LogP contribution in [0.4, 0.5) is 10.1 Å². The Labute approximate surface area is 146 Å². The molecule has 1 heterocycles. The molecule has 0 radical (unpaired) electrons. The SMILES string of the molecule is CC(N)C(C)C(=O)N1CCC(C(=O)Nc2ccc(F)c(Cl)c2)CC1. The lowest BCUT2D eigenvalue weighted by atomic mass is 9.94.